The molecule has 0 unspecified atom stereocenters. The lowest BCUT2D eigenvalue weighted by molar-refractivity contribution is -0.114. The van der Waals surface area contributed by atoms with Crippen LogP contribution in [0, 0.1) is 11.3 Å². The number of carbonyl (C=O) groups excluding carboxylic acids is 2. The number of anilines is 2. The highest BCUT2D eigenvalue weighted by Crippen LogP contribution is 2.22. The van der Waals surface area contributed by atoms with Crippen LogP contribution in [0.25, 0.3) is 0 Å². The number of hydrogen-bond donors (Lipinski definition) is 3. The molecule has 0 radical (unpaired) electrons. The molecule has 0 aromatic heterocycles. The molecule has 3 aromatic carbocycles. The first-order valence-corrected chi connectivity index (χ1v) is 9.72. The molecule has 0 aliphatic heterocycles. The van der Waals surface area contributed by atoms with Crippen molar-refractivity contribution in [2.45, 2.75) is 13.0 Å². The molecule has 0 aliphatic rings. The van der Waals surface area contributed by atoms with Crippen LogP contribution < -0.4 is 16.0 Å². The van der Waals surface area contributed by atoms with Crippen LogP contribution in [-0.4, -0.2) is 11.8 Å². The van der Waals surface area contributed by atoms with Gasteiger partial charge in [0.05, 0.1) is 6.04 Å². The number of nitriles is 1. The highest BCUT2D eigenvalue weighted by molar-refractivity contribution is 6.06. The highest BCUT2D eigenvalue weighted by atomic mass is 16.2. The summed E-state index contributed by atoms with van der Waals surface area (Å²) in [5.41, 5.74) is 3.11. The third kappa shape index (κ3) is 6.05. The Bertz CT molecular complexity index is 1060. The third-order valence-corrected chi connectivity index (χ3v) is 4.49. The van der Waals surface area contributed by atoms with Crippen molar-refractivity contribution >= 4 is 23.2 Å². The van der Waals surface area contributed by atoms with Gasteiger partial charge in [0.15, 0.2) is 0 Å². The first-order chi connectivity index (χ1) is 15.1. The number of amides is 2. The fourth-order valence-corrected chi connectivity index (χ4v) is 3.03. The molecule has 0 saturated carbocycles. The van der Waals surface area contributed by atoms with E-state index in [9.17, 15) is 14.9 Å². The lowest BCUT2D eigenvalue weighted by atomic mass is 9.99. The Morgan fingerprint density at radius 1 is 0.806 bits per heavy atom. The first-order valence-electron chi connectivity index (χ1n) is 9.72. The smallest absolute Gasteiger partial charge is 0.267 e. The van der Waals surface area contributed by atoms with Gasteiger partial charge in [0.1, 0.15) is 11.6 Å². The number of nitrogens with zero attached hydrogens (tertiary/aromatic N) is 1. The topological polar surface area (TPSA) is 94.0 Å². The molecular formula is C25H22N4O2. The summed E-state index contributed by atoms with van der Waals surface area (Å²) in [6.07, 6.45) is 1.44. The molecule has 31 heavy (non-hydrogen) atoms. The highest BCUT2D eigenvalue weighted by Gasteiger charge is 2.14. The average molecular weight is 410 g/mol. The quantitative estimate of drug-likeness (QED) is 0.398. The van der Waals surface area contributed by atoms with E-state index in [4.69, 9.17) is 0 Å². The normalized spacial score (nSPS) is 10.8. The second-order valence-corrected chi connectivity index (χ2v) is 6.80. The summed E-state index contributed by atoms with van der Waals surface area (Å²) in [5, 5.41) is 18.1. The molecule has 3 rings (SSSR count). The van der Waals surface area contributed by atoms with Gasteiger partial charge in [-0.2, -0.15) is 5.26 Å². The predicted octanol–water partition coefficient (Wildman–Crippen LogP) is 4.37. The Morgan fingerprint density at radius 3 is 1.74 bits per heavy atom. The van der Waals surface area contributed by atoms with Crippen LogP contribution in [0.1, 0.15) is 24.1 Å². The van der Waals surface area contributed by atoms with Crippen molar-refractivity contribution in [1.82, 2.24) is 5.32 Å². The van der Waals surface area contributed by atoms with Crippen LogP contribution in [0.2, 0.25) is 0 Å². The minimum Gasteiger partial charge on any atom is -0.379 e. The molecule has 3 N–H and O–H groups in total. The van der Waals surface area contributed by atoms with E-state index < -0.39 is 5.91 Å². The summed E-state index contributed by atoms with van der Waals surface area (Å²) >= 11 is 0. The van der Waals surface area contributed by atoms with Crippen molar-refractivity contribution in [3.63, 3.8) is 0 Å². The zero-order valence-corrected chi connectivity index (χ0v) is 17.0. The second kappa shape index (κ2) is 10.4. The average Bonchev–Trinajstić information content (AvgIpc) is 2.79. The van der Waals surface area contributed by atoms with Crippen LogP contribution in [0.3, 0.4) is 0 Å². The maximum Gasteiger partial charge on any atom is 0.267 e. The number of nitrogens with one attached hydrogen (secondary N) is 3. The Labute approximate surface area is 181 Å². The van der Waals surface area contributed by atoms with E-state index in [1.54, 1.807) is 24.3 Å². The molecule has 6 nitrogen and oxygen atoms in total. The number of rotatable bonds is 7. The van der Waals surface area contributed by atoms with E-state index in [2.05, 4.69) is 16.0 Å². The fourth-order valence-electron chi connectivity index (χ4n) is 3.03. The van der Waals surface area contributed by atoms with Gasteiger partial charge in [0.2, 0.25) is 5.91 Å². The molecule has 3 aromatic rings. The number of hydrogen-bond acceptors (Lipinski definition) is 4. The van der Waals surface area contributed by atoms with E-state index in [-0.39, 0.29) is 17.5 Å². The Balaban J connectivity index is 1.75. The lowest BCUT2D eigenvalue weighted by Gasteiger charge is -2.19. The summed E-state index contributed by atoms with van der Waals surface area (Å²) in [6, 6.07) is 28.0. The van der Waals surface area contributed by atoms with Gasteiger partial charge in [-0.15, -0.1) is 0 Å². The van der Waals surface area contributed by atoms with Gasteiger partial charge >= 0.3 is 0 Å². The second-order valence-electron chi connectivity index (χ2n) is 6.80. The largest absolute Gasteiger partial charge is 0.379 e. The van der Waals surface area contributed by atoms with Crippen molar-refractivity contribution in [2.75, 3.05) is 10.6 Å². The van der Waals surface area contributed by atoms with Gasteiger partial charge in [-0.1, -0.05) is 60.7 Å². The molecule has 0 heterocycles. The molecule has 0 bridgehead atoms. The molecular weight excluding hydrogens is 388 g/mol. The van der Waals surface area contributed by atoms with Gasteiger partial charge in [0, 0.05) is 24.5 Å². The summed E-state index contributed by atoms with van der Waals surface area (Å²) < 4.78 is 0. The van der Waals surface area contributed by atoms with Crippen molar-refractivity contribution in [1.29, 1.82) is 5.26 Å². The molecule has 0 spiro atoms. The zero-order chi connectivity index (χ0) is 22.1. The summed E-state index contributed by atoms with van der Waals surface area (Å²) in [4.78, 5) is 23.7. The van der Waals surface area contributed by atoms with Gasteiger partial charge in [-0.05, 0) is 35.4 Å². The van der Waals surface area contributed by atoms with Gasteiger partial charge in [-0.3, -0.25) is 9.59 Å². The van der Waals surface area contributed by atoms with Crippen LogP contribution in [0.5, 0.6) is 0 Å². The minimum atomic E-state index is -0.526. The molecule has 0 atom stereocenters. The minimum absolute atomic E-state index is 0.0530. The zero-order valence-electron chi connectivity index (χ0n) is 17.0. The van der Waals surface area contributed by atoms with E-state index in [0.717, 1.165) is 11.1 Å². The standard InChI is InChI=1S/C25H22N4O2/c1-18(30)28-22-12-14-23(15-13-22)29-25(31)21(16-26)17-27-24(19-8-4-2-5-9-19)20-10-6-3-7-11-20/h2-15,17,24,27H,1H3,(H,28,30)(H,29,31)/b21-17-. The number of carbonyl (C=O) groups is 2. The fraction of sp³-hybridized carbons (Fsp3) is 0.0800. The van der Waals surface area contributed by atoms with Gasteiger partial charge in [-0.25, -0.2) is 0 Å². The molecule has 0 aliphatic carbocycles. The summed E-state index contributed by atoms with van der Waals surface area (Å²) in [6.45, 7) is 1.42. The van der Waals surface area contributed by atoms with Crippen molar-refractivity contribution in [2.24, 2.45) is 0 Å². The Morgan fingerprint density at radius 2 is 1.29 bits per heavy atom. The van der Waals surface area contributed by atoms with Crippen molar-refractivity contribution in [3.05, 3.63) is 108 Å². The van der Waals surface area contributed by atoms with Crippen LogP contribution >= 0.6 is 0 Å². The number of benzene rings is 3. The summed E-state index contributed by atoms with van der Waals surface area (Å²) in [5.74, 6) is -0.703. The SMILES string of the molecule is CC(=O)Nc1ccc(NC(=O)/C(C#N)=C\NC(c2ccccc2)c2ccccc2)cc1. The van der Waals surface area contributed by atoms with E-state index in [1.165, 1.54) is 13.1 Å². The van der Waals surface area contributed by atoms with Crippen molar-refractivity contribution < 1.29 is 9.59 Å². The molecule has 0 saturated heterocycles. The first kappa shape index (κ1) is 21.3. The van der Waals surface area contributed by atoms with Crippen molar-refractivity contribution in [3.8, 4) is 6.07 Å². The summed E-state index contributed by atoms with van der Waals surface area (Å²) in [7, 11) is 0. The Hall–Kier alpha value is -4.37. The van der Waals surface area contributed by atoms with Gasteiger partial charge < -0.3 is 16.0 Å². The van der Waals surface area contributed by atoms with E-state index in [1.807, 2.05) is 66.7 Å². The van der Waals surface area contributed by atoms with E-state index >= 15 is 0 Å². The molecule has 154 valence electrons. The predicted molar refractivity (Wildman–Crippen MR) is 121 cm³/mol. The van der Waals surface area contributed by atoms with Crippen LogP contribution in [0.4, 0.5) is 11.4 Å². The molecule has 6 heteroatoms. The molecule has 0 fully saturated rings. The van der Waals surface area contributed by atoms with Crippen LogP contribution in [0.15, 0.2) is 96.7 Å². The molecule has 2 amide bonds. The lowest BCUT2D eigenvalue weighted by Crippen LogP contribution is -2.21. The Kier molecular flexibility index (Phi) is 7.17. The third-order valence-electron chi connectivity index (χ3n) is 4.49. The monoisotopic (exact) mass is 410 g/mol. The maximum atomic E-state index is 12.6. The maximum absolute atomic E-state index is 12.6. The van der Waals surface area contributed by atoms with E-state index in [0.29, 0.717) is 11.4 Å². The van der Waals surface area contributed by atoms with Gasteiger partial charge in [0.25, 0.3) is 5.91 Å². The van der Waals surface area contributed by atoms with Crippen LogP contribution in [-0.2, 0) is 9.59 Å².